The summed E-state index contributed by atoms with van der Waals surface area (Å²) in [7, 11) is 0. The maximum Gasteiger partial charge on any atom is 0.261 e. The number of hydrogen-bond acceptors (Lipinski definition) is 5. The van der Waals surface area contributed by atoms with Gasteiger partial charge < -0.3 is 4.90 Å². The molecule has 6 nitrogen and oxygen atoms in total. The molecule has 3 heterocycles. The van der Waals surface area contributed by atoms with Crippen molar-refractivity contribution in [2.75, 3.05) is 19.6 Å². The lowest BCUT2D eigenvalue weighted by Gasteiger charge is -2.31. The molecular weight excluding hydrogens is 422 g/mol. The molecule has 1 fully saturated rings. The molecule has 0 bridgehead atoms. The summed E-state index contributed by atoms with van der Waals surface area (Å²) in [6.07, 6.45) is 2.67. The molecule has 2 aromatic carbocycles. The number of rotatable bonds is 5. The predicted octanol–water partition coefficient (Wildman–Crippen LogP) is 4.39. The van der Waals surface area contributed by atoms with Gasteiger partial charge in [0.15, 0.2) is 0 Å². The summed E-state index contributed by atoms with van der Waals surface area (Å²) >= 11 is 1.75. The maximum atomic E-state index is 12.7. The number of nitrogens with zero attached hydrogens (tertiary/aromatic N) is 3. The van der Waals surface area contributed by atoms with Gasteiger partial charge in [0.25, 0.3) is 11.8 Å². The van der Waals surface area contributed by atoms with Crippen LogP contribution in [-0.2, 0) is 4.79 Å². The molecule has 164 valence electrons. The normalized spacial score (nSPS) is 16.8. The van der Waals surface area contributed by atoms with Crippen molar-refractivity contribution >= 4 is 39.3 Å². The van der Waals surface area contributed by atoms with E-state index in [-0.39, 0.29) is 24.3 Å². The van der Waals surface area contributed by atoms with E-state index >= 15 is 0 Å². The minimum absolute atomic E-state index is 0.0974. The number of piperidine rings is 1. The molecule has 1 aromatic heterocycles. The van der Waals surface area contributed by atoms with E-state index in [9.17, 15) is 14.4 Å². The highest BCUT2D eigenvalue weighted by Crippen LogP contribution is 2.34. The zero-order valence-corrected chi connectivity index (χ0v) is 18.9. The predicted molar refractivity (Wildman–Crippen MR) is 124 cm³/mol. The Morgan fingerprint density at radius 2 is 1.81 bits per heavy atom. The Balaban J connectivity index is 1.12. The van der Waals surface area contributed by atoms with Gasteiger partial charge in [-0.2, -0.15) is 0 Å². The molecule has 2 aliphatic heterocycles. The van der Waals surface area contributed by atoms with Crippen LogP contribution in [0.4, 0.5) is 0 Å². The standard InChI is InChI=1S/C25H25N3O3S/c1-16-8-9-18-19(15-16)25(31)28(24(18)30)12-4-7-22(29)27-13-10-17(11-14-27)23-26-20-5-2-3-6-21(20)32-23/h2-3,5-6,8-9,15,17H,4,7,10-14H2,1H3. The summed E-state index contributed by atoms with van der Waals surface area (Å²) < 4.78 is 1.21. The second-order valence-electron chi connectivity index (χ2n) is 8.59. The van der Waals surface area contributed by atoms with Gasteiger partial charge in [-0.15, -0.1) is 11.3 Å². The highest BCUT2D eigenvalue weighted by molar-refractivity contribution is 7.18. The van der Waals surface area contributed by atoms with Crippen molar-refractivity contribution < 1.29 is 14.4 Å². The van der Waals surface area contributed by atoms with E-state index in [1.54, 1.807) is 23.5 Å². The van der Waals surface area contributed by atoms with Crippen molar-refractivity contribution in [2.24, 2.45) is 0 Å². The zero-order chi connectivity index (χ0) is 22.2. The van der Waals surface area contributed by atoms with E-state index in [0.717, 1.165) is 37.0 Å². The summed E-state index contributed by atoms with van der Waals surface area (Å²) in [5, 5.41) is 1.17. The summed E-state index contributed by atoms with van der Waals surface area (Å²) in [5.41, 5.74) is 2.94. The molecule has 7 heteroatoms. The Morgan fingerprint density at radius 3 is 2.59 bits per heavy atom. The van der Waals surface area contributed by atoms with Crippen molar-refractivity contribution in [2.45, 2.75) is 38.5 Å². The molecule has 3 aromatic rings. The van der Waals surface area contributed by atoms with E-state index < -0.39 is 0 Å². The number of thiazole rings is 1. The molecule has 0 radical (unpaired) electrons. The second-order valence-corrected chi connectivity index (χ2v) is 9.65. The lowest BCUT2D eigenvalue weighted by molar-refractivity contribution is -0.132. The molecule has 0 unspecified atom stereocenters. The molecule has 2 aliphatic rings. The molecule has 0 spiro atoms. The first-order valence-electron chi connectivity index (χ1n) is 11.1. The van der Waals surface area contributed by atoms with Crippen molar-refractivity contribution in [1.82, 2.24) is 14.8 Å². The first-order chi connectivity index (χ1) is 15.5. The van der Waals surface area contributed by atoms with Crippen LogP contribution >= 0.6 is 11.3 Å². The number of carbonyl (C=O) groups is 3. The Bertz CT molecular complexity index is 1180. The number of aryl methyl sites for hydroxylation is 1. The number of para-hydroxylation sites is 1. The second kappa shape index (κ2) is 8.47. The number of hydrogen-bond donors (Lipinski definition) is 0. The Morgan fingerprint density at radius 1 is 1.06 bits per heavy atom. The maximum absolute atomic E-state index is 12.7. The third kappa shape index (κ3) is 3.81. The molecule has 1 saturated heterocycles. The molecule has 5 rings (SSSR count). The number of amides is 3. The first-order valence-corrected chi connectivity index (χ1v) is 11.9. The molecule has 0 N–H and O–H groups in total. The van der Waals surface area contributed by atoms with Gasteiger partial charge in [0.1, 0.15) is 0 Å². The number of carbonyl (C=O) groups excluding carboxylic acids is 3. The molecule has 32 heavy (non-hydrogen) atoms. The fourth-order valence-electron chi connectivity index (χ4n) is 4.59. The minimum atomic E-state index is -0.255. The van der Waals surface area contributed by atoms with E-state index in [4.69, 9.17) is 4.98 Å². The molecule has 0 atom stereocenters. The fourth-order valence-corrected chi connectivity index (χ4v) is 5.73. The van der Waals surface area contributed by atoms with Crippen LogP contribution < -0.4 is 0 Å². The van der Waals surface area contributed by atoms with E-state index in [1.807, 2.05) is 36.1 Å². The number of imide groups is 1. The van der Waals surface area contributed by atoms with Crippen LogP contribution in [0.3, 0.4) is 0 Å². The number of benzene rings is 2. The summed E-state index contributed by atoms with van der Waals surface area (Å²) in [4.78, 5) is 45.8. The largest absolute Gasteiger partial charge is 0.343 e. The van der Waals surface area contributed by atoms with Gasteiger partial charge in [-0.25, -0.2) is 4.98 Å². The summed E-state index contributed by atoms with van der Waals surface area (Å²) in [6, 6.07) is 13.5. The fraction of sp³-hybridized carbons (Fsp3) is 0.360. The van der Waals surface area contributed by atoms with Crippen LogP contribution in [0.1, 0.15) is 62.9 Å². The van der Waals surface area contributed by atoms with Crippen LogP contribution in [0.2, 0.25) is 0 Å². The highest BCUT2D eigenvalue weighted by Gasteiger charge is 2.35. The molecular formula is C25H25N3O3S. The van der Waals surface area contributed by atoms with Crippen LogP contribution in [0.25, 0.3) is 10.2 Å². The monoisotopic (exact) mass is 447 g/mol. The van der Waals surface area contributed by atoms with Crippen molar-refractivity contribution in [3.63, 3.8) is 0 Å². The Kier molecular flexibility index (Phi) is 5.51. The lowest BCUT2D eigenvalue weighted by Crippen LogP contribution is -2.38. The van der Waals surface area contributed by atoms with Gasteiger partial charge in [-0.1, -0.05) is 23.8 Å². The number of aromatic nitrogens is 1. The van der Waals surface area contributed by atoms with E-state index in [0.29, 0.717) is 29.9 Å². The SMILES string of the molecule is Cc1ccc2c(c1)C(=O)N(CCCC(=O)N1CCC(c3nc4ccccc4s3)CC1)C2=O. The van der Waals surface area contributed by atoms with Crippen LogP contribution in [0, 0.1) is 6.92 Å². The van der Waals surface area contributed by atoms with Crippen molar-refractivity contribution in [3.05, 3.63) is 64.2 Å². The summed E-state index contributed by atoms with van der Waals surface area (Å²) in [5.74, 6) is -0.00893. The molecule has 0 saturated carbocycles. The van der Waals surface area contributed by atoms with Gasteiger partial charge in [-0.3, -0.25) is 19.3 Å². The zero-order valence-electron chi connectivity index (χ0n) is 18.0. The van der Waals surface area contributed by atoms with Crippen LogP contribution in [-0.4, -0.2) is 52.1 Å². The topological polar surface area (TPSA) is 70.6 Å². The third-order valence-corrected chi connectivity index (χ3v) is 7.60. The van der Waals surface area contributed by atoms with Gasteiger partial charge in [0.2, 0.25) is 5.91 Å². The minimum Gasteiger partial charge on any atom is -0.343 e. The summed E-state index contributed by atoms with van der Waals surface area (Å²) in [6.45, 7) is 3.64. The number of likely N-dealkylation sites (tertiary alicyclic amines) is 1. The van der Waals surface area contributed by atoms with Gasteiger partial charge in [0, 0.05) is 32.0 Å². The van der Waals surface area contributed by atoms with Gasteiger partial charge in [0.05, 0.1) is 26.4 Å². The number of fused-ring (bicyclic) bond motifs is 2. The third-order valence-electron chi connectivity index (χ3n) is 6.41. The lowest BCUT2D eigenvalue weighted by atomic mass is 9.97. The van der Waals surface area contributed by atoms with Gasteiger partial charge >= 0.3 is 0 Å². The Hall–Kier alpha value is -3.06. The van der Waals surface area contributed by atoms with Gasteiger partial charge in [-0.05, 0) is 50.5 Å². The average Bonchev–Trinajstić information content (AvgIpc) is 3.34. The highest BCUT2D eigenvalue weighted by atomic mass is 32.1. The first kappa shape index (κ1) is 20.8. The van der Waals surface area contributed by atoms with Crippen LogP contribution in [0.5, 0.6) is 0 Å². The molecule has 0 aliphatic carbocycles. The Labute approximate surface area is 190 Å². The average molecular weight is 448 g/mol. The van der Waals surface area contributed by atoms with E-state index in [1.165, 1.54) is 14.6 Å². The molecule has 3 amide bonds. The van der Waals surface area contributed by atoms with Crippen molar-refractivity contribution in [3.8, 4) is 0 Å². The van der Waals surface area contributed by atoms with Crippen LogP contribution in [0.15, 0.2) is 42.5 Å². The van der Waals surface area contributed by atoms with E-state index in [2.05, 4.69) is 6.07 Å². The smallest absolute Gasteiger partial charge is 0.261 e. The van der Waals surface area contributed by atoms with Crippen molar-refractivity contribution in [1.29, 1.82) is 0 Å². The quantitative estimate of drug-likeness (QED) is 0.544.